The van der Waals surface area contributed by atoms with Crippen LogP contribution in [0.2, 0.25) is 0 Å². The average Bonchev–Trinajstić information content (AvgIpc) is 3.29. The monoisotopic (exact) mass is 405 g/mol. The molecule has 2 amide bonds. The lowest BCUT2D eigenvalue weighted by molar-refractivity contribution is -0.162. The van der Waals surface area contributed by atoms with Gasteiger partial charge in [-0.2, -0.15) is 5.10 Å². The fourth-order valence-electron chi connectivity index (χ4n) is 3.72. The van der Waals surface area contributed by atoms with E-state index in [-0.39, 0.29) is 18.4 Å². The van der Waals surface area contributed by atoms with Gasteiger partial charge in [0.1, 0.15) is 19.3 Å². The minimum atomic E-state index is -0.799. The lowest BCUT2D eigenvalue weighted by atomic mass is 9.94. The van der Waals surface area contributed by atoms with Gasteiger partial charge in [0, 0.05) is 13.6 Å². The van der Waals surface area contributed by atoms with Gasteiger partial charge in [0.05, 0.1) is 11.7 Å². The zero-order valence-corrected chi connectivity index (χ0v) is 16.9. The third-order valence-electron chi connectivity index (χ3n) is 5.36. The smallest absolute Gasteiger partial charge is 0.251 e. The molecule has 8 heteroatoms. The Balaban J connectivity index is 1.55. The van der Waals surface area contributed by atoms with Crippen molar-refractivity contribution in [3.8, 4) is 5.69 Å². The topological polar surface area (TPSA) is 89.4 Å². The Hall–Kier alpha value is -3.52. The number of nitrogens with zero attached hydrogens (tertiary/aromatic N) is 4. The first kappa shape index (κ1) is 19.8. The number of aromatic nitrogens is 3. The summed E-state index contributed by atoms with van der Waals surface area (Å²) in [6.45, 7) is 2.14. The highest BCUT2D eigenvalue weighted by Crippen LogP contribution is 2.31. The van der Waals surface area contributed by atoms with Crippen LogP contribution in [0.4, 0.5) is 0 Å². The number of aryl methyl sites for hydroxylation is 1. The van der Waals surface area contributed by atoms with Crippen molar-refractivity contribution < 1.29 is 14.3 Å². The number of likely N-dealkylation sites (N-methyl/N-ethyl adjacent to an activating group) is 1. The highest BCUT2D eigenvalue weighted by atomic mass is 16.5. The number of morpholine rings is 1. The van der Waals surface area contributed by atoms with Crippen LogP contribution in [0.1, 0.15) is 22.7 Å². The maximum atomic E-state index is 13.1. The maximum Gasteiger partial charge on any atom is 0.251 e. The maximum absolute atomic E-state index is 13.1. The Labute approximate surface area is 174 Å². The second-order valence-corrected chi connectivity index (χ2v) is 7.22. The molecule has 154 valence electrons. The van der Waals surface area contributed by atoms with Crippen molar-refractivity contribution in [2.75, 3.05) is 13.7 Å². The van der Waals surface area contributed by atoms with Crippen LogP contribution < -0.4 is 5.32 Å². The Morgan fingerprint density at radius 2 is 1.97 bits per heavy atom. The molecule has 1 saturated heterocycles. The molecule has 0 saturated carbocycles. The van der Waals surface area contributed by atoms with Crippen molar-refractivity contribution in [1.29, 1.82) is 0 Å². The minimum Gasteiger partial charge on any atom is -0.356 e. The second kappa shape index (κ2) is 8.46. The normalized spacial score (nSPS) is 19.0. The summed E-state index contributed by atoms with van der Waals surface area (Å²) in [4.78, 5) is 31.0. The SMILES string of the molecule is Cc1ccccc1[C@@H]1[C@@H](C(=O)NCc2ccccc2-n2cncn2)OCC(=O)N1C. The van der Waals surface area contributed by atoms with Gasteiger partial charge in [0.2, 0.25) is 5.91 Å². The molecule has 3 aromatic rings. The molecule has 8 nitrogen and oxygen atoms in total. The molecule has 4 rings (SSSR count). The third kappa shape index (κ3) is 3.81. The molecular formula is C22H23N5O3. The van der Waals surface area contributed by atoms with Crippen LogP contribution in [0.15, 0.2) is 61.2 Å². The number of carbonyl (C=O) groups excluding carboxylic acids is 2. The number of para-hydroxylation sites is 1. The minimum absolute atomic E-state index is 0.119. The number of amides is 2. The number of nitrogens with one attached hydrogen (secondary N) is 1. The first-order valence-electron chi connectivity index (χ1n) is 9.69. The van der Waals surface area contributed by atoms with E-state index in [9.17, 15) is 9.59 Å². The number of carbonyl (C=O) groups is 2. The molecule has 0 spiro atoms. The van der Waals surface area contributed by atoms with Crippen molar-refractivity contribution >= 4 is 11.8 Å². The van der Waals surface area contributed by atoms with Crippen molar-refractivity contribution in [3.05, 3.63) is 77.9 Å². The largest absolute Gasteiger partial charge is 0.356 e. The van der Waals surface area contributed by atoms with Crippen molar-refractivity contribution in [2.24, 2.45) is 0 Å². The summed E-state index contributed by atoms with van der Waals surface area (Å²) in [6.07, 6.45) is 2.28. The van der Waals surface area contributed by atoms with E-state index < -0.39 is 12.1 Å². The van der Waals surface area contributed by atoms with Crippen LogP contribution in [0, 0.1) is 6.92 Å². The average molecular weight is 405 g/mol. The third-order valence-corrected chi connectivity index (χ3v) is 5.36. The number of hydrogen-bond donors (Lipinski definition) is 1. The fourth-order valence-corrected chi connectivity index (χ4v) is 3.72. The van der Waals surface area contributed by atoms with Crippen LogP contribution in [0.3, 0.4) is 0 Å². The molecule has 1 aromatic heterocycles. The second-order valence-electron chi connectivity index (χ2n) is 7.22. The van der Waals surface area contributed by atoms with Crippen molar-refractivity contribution in [3.63, 3.8) is 0 Å². The molecule has 0 bridgehead atoms. The van der Waals surface area contributed by atoms with E-state index in [4.69, 9.17) is 4.74 Å². The number of benzene rings is 2. The molecule has 1 N–H and O–H groups in total. The molecule has 1 aliphatic rings. The first-order valence-corrected chi connectivity index (χ1v) is 9.69. The van der Waals surface area contributed by atoms with Crippen LogP contribution in [-0.2, 0) is 20.9 Å². The van der Waals surface area contributed by atoms with Gasteiger partial charge >= 0.3 is 0 Å². The summed E-state index contributed by atoms with van der Waals surface area (Å²) in [5.41, 5.74) is 3.63. The van der Waals surface area contributed by atoms with Gasteiger partial charge in [-0.25, -0.2) is 9.67 Å². The summed E-state index contributed by atoms with van der Waals surface area (Å²) in [5.74, 6) is -0.417. The van der Waals surface area contributed by atoms with Gasteiger partial charge in [-0.15, -0.1) is 0 Å². The molecule has 0 radical (unpaired) electrons. The molecule has 2 heterocycles. The molecule has 0 aliphatic carbocycles. The zero-order chi connectivity index (χ0) is 21.1. The van der Waals surface area contributed by atoms with Gasteiger partial charge in [-0.1, -0.05) is 42.5 Å². The predicted molar refractivity (Wildman–Crippen MR) is 110 cm³/mol. The predicted octanol–water partition coefficient (Wildman–Crippen LogP) is 1.79. The lowest BCUT2D eigenvalue weighted by Gasteiger charge is -2.39. The number of hydrogen-bond acceptors (Lipinski definition) is 5. The Morgan fingerprint density at radius 1 is 1.20 bits per heavy atom. The Kier molecular flexibility index (Phi) is 5.58. The standard InChI is InChI=1S/C22H23N5O3/c1-15-7-3-5-9-17(15)20-21(30-12-19(28)26(20)2)22(29)24-11-16-8-4-6-10-18(16)27-14-23-13-25-27/h3-10,13-14,20-21H,11-12H2,1-2H3,(H,24,29)/t20-,21+/m1/s1. The van der Waals surface area contributed by atoms with E-state index >= 15 is 0 Å². The molecule has 1 aliphatic heterocycles. The van der Waals surface area contributed by atoms with E-state index in [1.807, 2.05) is 55.5 Å². The van der Waals surface area contributed by atoms with Gasteiger partial charge in [-0.05, 0) is 29.7 Å². The number of rotatable bonds is 5. The Bertz CT molecular complexity index is 1050. The van der Waals surface area contributed by atoms with Gasteiger partial charge in [0.25, 0.3) is 5.91 Å². The molecule has 30 heavy (non-hydrogen) atoms. The van der Waals surface area contributed by atoms with Crippen LogP contribution in [0.25, 0.3) is 5.69 Å². The first-order chi connectivity index (χ1) is 14.6. The van der Waals surface area contributed by atoms with Crippen molar-refractivity contribution in [2.45, 2.75) is 25.6 Å². The van der Waals surface area contributed by atoms with E-state index in [0.29, 0.717) is 6.54 Å². The number of ether oxygens (including phenoxy) is 1. The summed E-state index contributed by atoms with van der Waals surface area (Å²) in [5, 5.41) is 7.13. The van der Waals surface area contributed by atoms with E-state index in [1.165, 1.54) is 6.33 Å². The van der Waals surface area contributed by atoms with Gasteiger partial charge in [0.15, 0.2) is 6.10 Å². The highest BCUT2D eigenvalue weighted by molar-refractivity contribution is 5.86. The molecule has 2 aromatic carbocycles. The van der Waals surface area contributed by atoms with Crippen LogP contribution in [0.5, 0.6) is 0 Å². The van der Waals surface area contributed by atoms with E-state index in [0.717, 1.165) is 22.4 Å². The van der Waals surface area contributed by atoms with Crippen LogP contribution >= 0.6 is 0 Å². The molecule has 0 unspecified atom stereocenters. The van der Waals surface area contributed by atoms with Gasteiger partial charge in [-0.3, -0.25) is 9.59 Å². The summed E-state index contributed by atoms with van der Waals surface area (Å²) in [6, 6.07) is 14.9. The van der Waals surface area contributed by atoms with E-state index in [2.05, 4.69) is 15.4 Å². The summed E-state index contributed by atoms with van der Waals surface area (Å²) in [7, 11) is 1.71. The zero-order valence-electron chi connectivity index (χ0n) is 16.9. The highest BCUT2D eigenvalue weighted by Gasteiger charge is 2.40. The molecule has 1 fully saturated rings. The van der Waals surface area contributed by atoms with Gasteiger partial charge < -0.3 is 15.0 Å². The quantitative estimate of drug-likeness (QED) is 0.699. The summed E-state index contributed by atoms with van der Waals surface area (Å²) >= 11 is 0. The molecular weight excluding hydrogens is 382 g/mol. The fraction of sp³-hybridized carbons (Fsp3) is 0.273. The summed E-state index contributed by atoms with van der Waals surface area (Å²) < 4.78 is 7.36. The van der Waals surface area contributed by atoms with Crippen molar-refractivity contribution in [1.82, 2.24) is 25.0 Å². The Morgan fingerprint density at radius 3 is 2.73 bits per heavy atom. The van der Waals surface area contributed by atoms with Crippen LogP contribution in [-0.4, -0.2) is 51.2 Å². The van der Waals surface area contributed by atoms with E-state index in [1.54, 1.807) is 23.0 Å². The molecule has 2 atom stereocenters. The lowest BCUT2D eigenvalue weighted by Crippen LogP contribution is -2.53.